The molecular weight excluding hydrogens is 234 g/mol. The van der Waals surface area contributed by atoms with Gasteiger partial charge in [0.05, 0.1) is 0 Å². The lowest BCUT2D eigenvalue weighted by atomic mass is 9.81. The molecule has 2 rings (SSSR count). The highest BCUT2D eigenvalue weighted by Gasteiger charge is 2.23. The van der Waals surface area contributed by atoms with Crippen molar-refractivity contribution >= 4 is 0 Å². The summed E-state index contributed by atoms with van der Waals surface area (Å²) >= 11 is 0. The van der Waals surface area contributed by atoms with Crippen molar-refractivity contribution in [3.63, 3.8) is 0 Å². The van der Waals surface area contributed by atoms with Gasteiger partial charge in [-0.05, 0) is 67.3 Å². The minimum absolute atomic E-state index is 0.000649. The van der Waals surface area contributed by atoms with Gasteiger partial charge in [-0.2, -0.15) is 0 Å². The van der Waals surface area contributed by atoms with E-state index in [2.05, 4.69) is 45.1 Å². The van der Waals surface area contributed by atoms with Crippen molar-refractivity contribution in [1.29, 1.82) is 0 Å². The summed E-state index contributed by atoms with van der Waals surface area (Å²) in [6.45, 7) is 10.8. The third-order valence-electron chi connectivity index (χ3n) is 4.28. The van der Waals surface area contributed by atoms with E-state index in [9.17, 15) is 5.11 Å². The van der Waals surface area contributed by atoms with Crippen molar-refractivity contribution in [2.24, 2.45) is 5.92 Å². The minimum atomic E-state index is 0.000649. The Morgan fingerprint density at radius 3 is 2.42 bits per heavy atom. The van der Waals surface area contributed by atoms with Crippen molar-refractivity contribution in [3.8, 4) is 5.75 Å². The lowest BCUT2D eigenvalue weighted by molar-refractivity contribution is 0.363. The first kappa shape index (κ1) is 14.4. The standard InChI is InChI=1S/C17H27NO/c1-12-5-6-15(17(2,3)4)16(19)14(12)11-13-7-9-18-10-8-13/h5-6,13,18-19H,7-11H2,1-4H3. The molecule has 19 heavy (non-hydrogen) atoms. The van der Waals surface area contributed by atoms with E-state index >= 15 is 0 Å². The van der Waals surface area contributed by atoms with Crippen molar-refractivity contribution in [2.45, 2.75) is 52.4 Å². The van der Waals surface area contributed by atoms with Crippen LogP contribution in [0.3, 0.4) is 0 Å². The number of aryl methyl sites for hydroxylation is 1. The Kier molecular flexibility index (Phi) is 4.19. The van der Waals surface area contributed by atoms with Crippen molar-refractivity contribution in [1.82, 2.24) is 5.32 Å². The van der Waals surface area contributed by atoms with Crippen LogP contribution in [0.15, 0.2) is 12.1 Å². The smallest absolute Gasteiger partial charge is 0.122 e. The van der Waals surface area contributed by atoms with Gasteiger partial charge in [-0.25, -0.2) is 0 Å². The summed E-state index contributed by atoms with van der Waals surface area (Å²) in [5, 5.41) is 14.0. The van der Waals surface area contributed by atoms with E-state index in [1.54, 1.807) is 0 Å². The fourth-order valence-corrected chi connectivity index (χ4v) is 2.97. The Labute approximate surface area is 117 Å². The molecule has 106 valence electrons. The number of hydrogen-bond donors (Lipinski definition) is 2. The maximum Gasteiger partial charge on any atom is 0.122 e. The van der Waals surface area contributed by atoms with Gasteiger partial charge in [-0.3, -0.25) is 0 Å². The topological polar surface area (TPSA) is 32.3 Å². The summed E-state index contributed by atoms with van der Waals surface area (Å²) in [7, 11) is 0. The van der Waals surface area contributed by atoms with Crippen LogP contribution in [-0.4, -0.2) is 18.2 Å². The maximum absolute atomic E-state index is 10.6. The van der Waals surface area contributed by atoms with Crippen LogP contribution in [0.4, 0.5) is 0 Å². The van der Waals surface area contributed by atoms with E-state index in [0.29, 0.717) is 11.7 Å². The van der Waals surface area contributed by atoms with Crippen LogP contribution in [0.1, 0.15) is 50.3 Å². The number of phenols is 1. The average Bonchev–Trinajstić information content (AvgIpc) is 2.34. The first-order valence-corrected chi connectivity index (χ1v) is 7.42. The Bertz CT molecular complexity index is 439. The van der Waals surface area contributed by atoms with Gasteiger partial charge in [0, 0.05) is 0 Å². The van der Waals surface area contributed by atoms with Gasteiger partial charge < -0.3 is 10.4 Å². The molecule has 0 spiro atoms. The quantitative estimate of drug-likeness (QED) is 0.853. The summed E-state index contributed by atoms with van der Waals surface area (Å²) in [5.41, 5.74) is 3.46. The number of aromatic hydroxyl groups is 1. The van der Waals surface area contributed by atoms with Gasteiger partial charge in [0.15, 0.2) is 0 Å². The molecule has 1 aliphatic rings. The molecule has 0 radical (unpaired) electrons. The molecule has 0 saturated carbocycles. The fraction of sp³-hybridized carbons (Fsp3) is 0.647. The molecule has 2 nitrogen and oxygen atoms in total. The molecule has 1 heterocycles. The highest BCUT2D eigenvalue weighted by atomic mass is 16.3. The van der Waals surface area contributed by atoms with Gasteiger partial charge in [-0.1, -0.05) is 32.9 Å². The molecule has 1 saturated heterocycles. The SMILES string of the molecule is Cc1ccc(C(C)(C)C)c(O)c1CC1CCNCC1. The highest BCUT2D eigenvalue weighted by molar-refractivity contribution is 5.48. The van der Waals surface area contributed by atoms with Crippen LogP contribution >= 0.6 is 0 Å². The minimum Gasteiger partial charge on any atom is -0.507 e. The number of nitrogens with one attached hydrogen (secondary N) is 1. The largest absolute Gasteiger partial charge is 0.507 e. The highest BCUT2D eigenvalue weighted by Crippen LogP contribution is 2.36. The number of piperidine rings is 1. The van der Waals surface area contributed by atoms with Crippen molar-refractivity contribution in [3.05, 3.63) is 28.8 Å². The van der Waals surface area contributed by atoms with Gasteiger partial charge in [0.25, 0.3) is 0 Å². The van der Waals surface area contributed by atoms with Crippen molar-refractivity contribution < 1.29 is 5.11 Å². The maximum atomic E-state index is 10.6. The van der Waals surface area contributed by atoms with E-state index in [4.69, 9.17) is 0 Å². The van der Waals surface area contributed by atoms with Gasteiger partial charge in [0.1, 0.15) is 5.75 Å². The monoisotopic (exact) mass is 261 g/mol. The molecule has 1 aromatic rings. The van der Waals surface area contributed by atoms with E-state index < -0.39 is 0 Å². The molecule has 1 aliphatic heterocycles. The summed E-state index contributed by atoms with van der Waals surface area (Å²) in [4.78, 5) is 0. The normalized spacial score (nSPS) is 17.7. The molecular formula is C17H27NO. The third-order valence-corrected chi connectivity index (χ3v) is 4.28. The molecule has 2 N–H and O–H groups in total. The Hall–Kier alpha value is -1.02. The first-order chi connectivity index (χ1) is 8.89. The second-order valence-corrected chi connectivity index (χ2v) is 6.90. The average molecular weight is 261 g/mol. The molecule has 2 heteroatoms. The summed E-state index contributed by atoms with van der Waals surface area (Å²) < 4.78 is 0. The second-order valence-electron chi connectivity index (χ2n) is 6.90. The Balaban J connectivity index is 2.28. The van der Waals surface area contributed by atoms with E-state index in [-0.39, 0.29) is 5.41 Å². The van der Waals surface area contributed by atoms with Gasteiger partial charge in [0.2, 0.25) is 0 Å². The molecule has 0 atom stereocenters. The Morgan fingerprint density at radius 1 is 1.21 bits per heavy atom. The summed E-state index contributed by atoms with van der Waals surface area (Å²) in [6.07, 6.45) is 3.46. The molecule has 0 unspecified atom stereocenters. The Morgan fingerprint density at radius 2 is 1.84 bits per heavy atom. The van der Waals surface area contributed by atoms with Crippen LogP contribution in [0.25, 0.3) is 0 Å². The number of hydrogen-bond acceptors (Lipinski definition) is 2. The molecule has 0 aromatic heterocycles. The zero-order chi connectivity index (χ0) is 14.0. The molecule has 0 amide bonds. The fourth-order valence-electron chi connectivity index (χ4n) is 2.97. The summed E-state index contributed by atoms with van der Waals surface area (Å²) in [5.74, 6) is 1.24. The van der Waals surface area contributed by atoms with Crippen LogP contribution in [0.2, 0.25) is 0 Å². The zero-order valence-corrected chi connectivity index (χ0v) is 12.7. The summed E-state index contributed by atoms with van der Waals surface area (Å²) in [6, 6.07) is 4.24. The predicted octanol–water partition coefficient (Wildman–Crippen LogP) is 3.54. The van der Waals surface area contributed by atoms with E-state index in [1.165, 1.54) is 24.0 Å². The molecule has 1 fully saturated rings. The molecule has 0 aliphatic carbocycles. The van der Waals surface area contributed by atoms with Crippen LogP contribution in [-0.2, 0) is 11.8 Å². The van der Waals surface area contributed by atoms with Crippen LogP contribution < -0.4 is 5.32 Å². The first-order valence-electron chi connectivity index (χ1n) is 7.42. The lowest BCUT2D eigenvalue weighted by Crippen LogP contribution is -2.29. The van der Waals surface area contributed by atoms with Crippen LogP contribution in [0, 0.1) is 12.8 Å². The molecule has 0 bridgehead atoms. The predicted molar refractivity (Wildman–Crippen MR) is 80.8 cm³/mol. The van der Waals surface area contributed by atoms with E-state index in [0.717, 1.165) is 25.1 Å². The lowest BCUT2D eigenvalue weighted by Gasteiger charge is -2.26. The van der Waals surface area contributed by atoms with Gasteiger partial charge in [-0.15, -0.1) is 0 Å². The van der Waals surface area contributed by atoms with Crippen LogP contribution in [0.5, 0.6) is 5.75 Å². The molecule has 1 aromatic carbocycles. The van der Waals surface area contributed by atoms with Crippen molar-refractivity contribution in [2.75, 3.05) is 13.1 Å². The third kappa shape index (κ3) is 3.30. The number of phenolic OH excluding ortho intramolecular Hbond substituents is 1. The van der Waals surface area contributed by atoms with E-state index in [1.807, 2.05) is 0 Å². The van der Waals surface area contributed by atoms with Gasteiger partial charge >= 0.3 is 0 Å². The number of rotatable bonds is 2. The second kappa shape index (κ2) is 5.54. The number of benzene rings is 1. The zero-order valence-electron chi connectivity index (χ0n) is 12.7.